The number of esters is 1. The third-order valence-electron chi connectivity index (χ3n) is 5.23. The third-order valence-corrected chi connectivity index (χ3v) is 5.23. The molecule has 0 amide bonds. The number of ether oxygens (including phenoxy) is 1. The van der Waals surface area contributed by atoms with Crippen LogP contribution in [0.15, 0.2) is 36.4 Å². The number of carbonyl (C=O) groups is 1. The average molecular weight is 336 g/mol. The molecule has 24 heavy (non-hydrogen) atoms. The number of halogens is 2. The summed E-state index contributed by atoms with van der Waals surface area (Å²) in [4.78, 5) is 11.3. The molecule has 3 rings (SSSR count). The van der Waals surface area contributed by atoms with Crippen LogP contribution >= 0.6 is 0 Å². The number of aryl methyl sites for hydroxylation is 1. The molecule has 0 bridgehead atoms. The predicted molar refractivity (Wildman–Crippen MR) is 85.8 cm³/mol. The fraction of sp³-hybridized carbons (Fsp3) is 0.526. The van der Waals surface area contributed by atoms with Gasteiger partial charge in [-0.05, 0) is 31.2 Å². The van der Waals surface area contributed by atoms with Gasteiger partial charge >= 0.3 is 11.9 Å². The minimum absolute atomic E-state index is 0.139. The van der Waals surface area contributed by atoms with Crippen LogP contribution in [0, 0.1) is 18.8 Å². The van der Waals surface area contributed by atoms with E-state index in [0.29, 0.717) is 12.8 Å². The molecule has 0 radical (unpaired) electrons. The molecular formula is C19H22F2O3. The van der Waals surface area contributed by atoms with Gasteiger partial charge in [-0.3, -0.25) is 0 Å². The van der Waals surface area contributed by atoms with Gasteiger partial charge in [-0.15, -0.1) is 0 Å². The monoisotopic (exact) mass is 336 g/mol. The van der Waals surface area contributed by atoms with Crippen LogP contribution in [0.25, 0.3) is 0 Å². The van der Waals surface area contributed by atoms with E-state index in [1.807, 2.05) is 38.1 Å². The van der Waals surface area contributed by atoms with Gasteiger partial charge in [0.25, 0.3) is 0 Å². The van der Waals surface area contributed by atoms with Gasteiger partial charge in [-0.2, -0.15) is 8.78 Å². The van der Waals surface area contributed by atoms with Crippen molar-refractivity contribution >= 4 is 5.97 Å². The summed E-state index contributed by atoms with van der Waals surface area (Å²) in [5, 5.41) is 10.4. The Balaban J connectivity index is 1.70. The number of benzene rings is 1. The topological polar surface area (TPSA) is 46.5 Å². The summed E-state index contributed by atoms with van der Waals surface area (Å²) >= 11 is 0. The van der Waals surface area contributed by atoms with Crippen molar-refractivity contribution in [3.63, 3.8) is 0 Å². The maximum absolute atomic E-state index is 14.0. The molecule has 1 N–H and O–H groups in total. The van der Waals surface area contributed by atoms with Crippen molar-refractivity contribution in [1.29, 1.82) is 0 Å². The molecule has 0 spiro atoms. The van der Waals surface area contributed by atoms with Crippen molar-refractivity contribution in [2.45, 2.75) is 50.7 Å². The summed E-state index contributed by atoms with van der Waals surface area (Å²) in [6.45, 7) is 3.88. The van der Waals surface area contributed by atoms with Crippen molar-refractivity contribution in [3.8, 4) is 0 Å². The number of hydrogen-bond donors (Lipinski definition) is 1. The third kappa shape index (κ3) is 2.97. The Morgan fingerprint density at radius 1 is 1.38 bits per heavy atom. The second-order valence-electron chi connectivity index (χ2n) is 6.91. The lowest BCUT2D eigenvalue weighted by atomic mass is 9.88. The molecule has 0 aromatic heterocycles. The van der Waals surface area contributed by atoms with Crippen LogP contribution in [0.3, 0.4) is 0 Å². The first kappa shape index (κ1) is 17.1. The highest BCUT2D eigenvalue weighted by Gasteiger charge is 2.63. The van der Waals surface area contributed by atoms with E-state index in [9.17, 15) is 18.7 Å². The molecule has 1 aromatic rings. The van der Waals surface area contributed by atoms with E-state index < -0.39 is 35.9 Å². The number of fused-ring (bicyclic) bond motifs is 1. The van der Waals surface area contributed by atoms with Crippen LogP contribution in [0.2, 0.25) is 0 Å². The summed E-state index contributed by atoms with van der Waals surface area (Å²) in [6.07, 6.45) is 2.74. The van der Waals surface area contributed by atoms with Crippen LogP contribution in [0.4, 0.5) is 8.78 Å². The standard InChI is InChI=1S/C19H22F2O3/c1-11-4-3-5-14(10-11)12(2)15(22)8-6-13-7-9-16-17(13)19(20,21)18(23)24-16/h3-6,8,10,12-13,15-17,22H,7,9H2,1-2H3/b8-6+/t12-,13+,15-,16+,17-/m1/s1. The Bertz CT molecular complexity index is 656. The van der Waals surface area contributed by atoms with Gasteiger partial charge in [-0.1, -0.05) is 48.9 Å². The zero-order chi connectivity index (χ0) is 17.5. The van der Waals surface area contributed by atoms with Crippen molar-refractivity contribution in [2.24, 2.45) is 11.8 Å². The van der Waals surface area contributed by atoms with E-state index in [2.05, 4.69) is 0 Å². The van der Waals surface area contributed by atoms with E-state index in [1.54, 1.807) is 12.2 Å². The summed E-state index contributed by atoms with van der Waals surface area (Å²) < 4.78 is 32.7. The first-order chi connectivity index (χ1) is 11.3. The molecular weight excluding hydrogens is 314 g/mol. The van der Waals surface area contributed by atoms with E-state index >= 15 is 0 Å². The van der Waals surface area contributed by atoms with Gasteiger partial charge in [0.1, 0.15) is 6.10 Å². The Morgan fingerprint density at radius 2 is 2.12 bits per heavy atom. The Labute approximate surface area is 140 Å². The maximum atomic E-state index is 14.0. The van der Waals surface area contributed by atoms with Crippen LogP contribution in [0.5, 0.6) is 0 Å². The summed E-state index contributed by atoms with van der Waals surface area (Å²) in [6, 6.07) is 7.86. The van der Waals surface area contributed by atoms with Crippen molar-refractivity contribution in [3.05, 3.63) is 47.5 Å². The molecule has 1 aromatic carbocycles. The second-order valence-corrected chi connectivity index (χ2v) is 6.91. The first-order valence-corrected chi connectivity index (χ1v) is 8.32. The molecule has 1 aliphatic carbocycles. The van der Waals surface area contributed by atoms with Gasteiger partial charge in [0.15, 0.2) is 0 Å². The van der Waals surface area contributed by atoms with Crippen LogP contribution in [0.1, 0.15) is 36.8 Å². The molecule has 130 valence electrons. The molecule has 1 aliphatic heterocycles. The van der Waals surface area contributed by atoms with E-state index in [4.69, 9.17) is 4.74 Å². The van der Waals surface area contributed by atoms with E-state index in [0.717, 1.165) is 11.1 Å². The molecule has 1 saturated heterocycles. The Morgan fingerprint density at radius 3 is 2.83 bits per heavy atom. The number of alkyl halides is 2. The molecule has 0 unspecified atom stereocenters. The molecule has 1 saturated carbocycles. The smallest absolute Gasteiger partial charge is 0.377 e. The number of aliphatic hydroxyl groups is 1. The summed E-state index contributed by atoms with van der Waals surface area (Å²) in [5.41, 5.74) is 2.11. The Hall–Kier alpha value is -1.75. The predicted octanol–water partition coefficient (Wildman–Crippen LogP) is 3.60. The van der Waals surface area contributed by atoms with E-state index in [-0.39, 0.29) is 5.92 Å². The lowest BCUT2D eigenvalue weighted by Crippen LogP contribution is -2.34. The molecule has 2 aliphatic rings. The molecule has 1 heterocycles. The minimum atomic E-state index is -3.43. The molecule has 5 atom stereocenters. The lowest BCUT2D eigenvalue weighted by Gasteiger charge is -2.20. The van der Waals surface area contributed by atoms with Gasteiger partial charge < -0.3 is 9.84 Å². The van der Waals surface area contributed by atoms with Crippen LogP contribution in [-0.2, 0) is 9.53 Å². The SMILES string of the molecule is Cc1cccc([C@@H](C)[C@H](O)/C=C/[C@H]2CC[C@@H]3OC(=O)C(F)(F)[C@@H]32)c1. The van der Waals surface area contributed by atoms with E-state index in [1.165, 1.54) is 0 Å². The first-order valence-electron chi connectivity index (χ1n) is 8.32. The fourth-order valence-electron chi connectivity index (χ4n) is 3.77. The van der Waals surface area contributed by atoms with Crippen molar-refractivity contribution in [1.82, 2.24) is 0 Å². The van der Waals surface area contributed by atoms with Crippen molar-refractivity contribution in [2.75, 3.05) is 0 Å². The zero-order valence-electron chi connectivity index (χ0n) is 13.8. The van der Waals surface area contributed by atoms with Crippen LogP contribution in [-0.4, -0.2) is 29.2 Å². The van der Waals surface area contributed by atoms with Gasteiger partial charge in [0.2, 0.25) is 0 Å². The second kappa shape index (κ2) is 6.28. The fourth-order valence-corrected chi connectivity index (χ4v) is 3.77. The quantitative estimate of drug-likeness (QED) is 0.675. The highest BCUT2D eigenvalue weighted by molar-refractivity contribution is 5.80. The minimum Gasteiger partial charge on any atom is -0.457 e. The highest BCUT2D eigenvalue weighted by Crippen LogP contribution is 2.49. The van der Waals surface area contributed by atoms with Gasteiger partial charge in [0.05, 0.1) is 12.0 Å². The molecule has 5 heteroatoms. The zero-order valence-corrected chi connectivity index (χ0v) is 13.8. The van der Waals surface area contributed by atoms with Crippen molar-refractivity contribution < 1.29 is 23.4 Å². The van der Waals surface area contributed by atoms with Gasteiger partial charge in [-0.25, -0.2) is 4.79 Å². The number of rotatable bonds is 4. The molecule has 3 nitrogen and oxygen atoms in total. The summed E-state index contributed by atoms with van der Waals surface area (Å²) in [7, 11) is 0. The normalized spacial score (nSPS) is 31.0. The number of allylic oxidation sites excluding steroid dienone is 1. The van der Waals surface area contributed by atoms with Crippen LogP contribution < -0.4 is 0 Å². The number of hydrogen-bond acceptors (Lipinski definition) is 3. The maximum Gasteiger partial charge on any atom is 0.377 e. The Kier molecular flexibility index (Phi) is 4.47. The largest absolute Gasteiger partial charge is 0.457 e. The number of aliphatic hydroxyl groups excluding tert-OH is 1. The average Bonchev–Trinajstić information content (AvgIpc) is 3.04. The number of carbonyl (C=O) groups excluding carboxylic acids is 1. The lowest BCUT2D eigenvalue weighted by molar-refractivity contribution is -0.161. The highest BCUT2D eigenvalue weighted by atomic mass is 19.3. The van der Waals surface area contributed by atoms with Gasteiger partial charge in [0, 0.05) is 5.92 Å². The summed E-state index contributed by atoms with van der Waals surface area (Å²) in [5.74, 6) is -6.54. The molecule has 2 fully saturated rings.